The normalized spacial score (nSPS) is 12.4. The van der Waals surface area contributed by atoms with Crippen LogP contribution in [0.3, 0.4) is 0 Å². The van der Waals surface area contributed by atoms with E-state index in [9.17, 15) is 0 Å². The second kappa shape index (κ2) is 7.75. The molecule has 0 saturated carbocycles. The Labute approximate surface area is 138 Å². The average molecular weight is 318 g/mol. The van der Waals surface area contributed by atoms with Crippen LogP contribution in [-0.2, 0) is 6.42 Å². The van der Waals surface area contributed by atoms with Crippen LogP contribution in [0.1, 0.15) is 42.7 Å². The molecule has 0 aliphatic rings. The lowest BCUT2D eigenvalue weighted by atomic mass is 10.1. The van der Waals surface area contributed by atoms with Gasteiger partial charge in [-0.15, -0.1) is 11.3 Å². The van der Waals surface area contributed by atoms with Gasteiger partial charge in [-0.05, 0) is 51.8 Å². The number of hydrogen-bond donors (Lipinski definition) is 2. The predicted molar refractivity (Wildman–Crippen MR) is 97.5 cm³/mol. The van der Waals surface area contributed by atoms with Crippen molar-refractivity contribution in [3.05, 3.63) is 39.9 Å². The minimum atomic E-state index is 0.470. The van der Waals surface area contributed by atoms with Gasteiger partial charge in [0.15, 0.2) is 5.13 Å². The van der Waals surface area contributed by atoms with Crippen molar-refractivity contribution in [2.24, 2.45) is 0 Å². The van der Waals surface area contributed by atoms with Gasteiger partial charge in [-0.2, -0.15) is 0 Å². The maximum absolute atomic E-state index is 4.73. The molecule has 2 rings (SSSR count). The molecule has 1 aromatic heterocycles. The fraction of sp³-hybridized carbons (Fsp3) is 0.500. The highest BCUT2D eigenvalue weighted by Crippen LogP contribution is 2.27. The highest BCUT2D eigenvalue weighted by atomic mass is 32.1. The third-order valence-electron chi connectivity index (χ3n) is 3.72. The van der Waals surface area contributed by atoms with E-state index in [-0.39, 0.29) is 0 Å². The van der Waals surface area contributed by atoms with Crippen molar-refractivity contribution < 1.29 is 0 Å². The van der Waals surface area contributed by atoms with Crippen LogP contribution in [0.4, 0.5) is 10.8 Å². The molecule has 0 aliphatic heterocycles. The van der Waals surface area contributed by atoms with Gasteiger partial charge in [0.05, 0.1) is 5.69 Å². The number of rotatable bonds is 7. The van der Waals surface area contributed by atoms with Crippen molar-refractivity contribution in [1.82, 2.24) is 10.3 Å². The number of hydrogen-bond acceptors (Lipinski definition) is 4. The molecule has 120 valence electrons. The van der Waals surface area contributed by atoms with Crippen LogP contribution in [-0.4, -0.2) is 17.6 Å². The highest BCUT2D eigenvalue weighted by molar-refractivity contribution is 7.13. The molecule has 1 atom stereocenters. The van der Waals surface area contributed by atoms with E-state index in [1.165, 1.54) is 28.8 Å². The minimum absolute atomic E-state index is 0.470. The largest absolute Gasteiger partial charge is 0.331 e. The van der Waals surface area contributed by atoms with Crippen molar-refractivity contribution in [1.29, 1.82) is 0 Å². The maximum atomic E-state index is 4.73. The van der Waals surface area contributed by atoms with Gasteiger partial charge >= 0.3 is 0 Å². The quantitative estimate of drug-likeness (QED) is 0.774. The first-order valence-electron chi connectivity index (χ1n) is 8.02. The van der Waals surface area contributed by atoms with Gasteiger partial charge in [0, 0.05) is 23.5 Å². The van der Waals surface area contributed by atoms with Crippen LogP contribution in [0.15, 0.2) is 17.5 Å². The summed E-state index contributed by atoms with van der Waals surface area (Å²) in [7, 11) is 0. The maximum Gasteiger partial charge on any atom is 0.187 e. The van der Waals surface area contributed by atoms with Gasteiger partial charge in [-0.25, -0.2) is 4.98 Å². The predicted octanol–water partition coefficient (Wildman–Crippen LogP) is 4.74. The summed E-state index contributed by atoms with van der Waals surface area (Å²) in [6.07, 6.45) is 2.14. The Hall–Kier alpha value is -1.39. The summed E-state index contributed by atoms with van der Waals surface area (Å²) < 4.78 is 0. The number of benzene rings is 1. The van der Waals surface area contributed by atoms with Gasteiger partial charge in [0.1, 0.15) is 0 Å². The van der Waals surface area contributed by atoms with E-state index in [0.717, 1.165) is 23.8 Å². The van der Waals surface area contributed by atoms with Crippen LogP contribution in [0, 0.1) is 20.8 Å². The summed E-state index contributed by atoms with van der Waals surface area (Å²) in [5.41, 5.74) is 6.19. The molecule has 2 N–H and O–H groups in total. The van der Waals surface area contributed by atoms with Gasteiger partial charge in [-0.3, -0.25) is 0 Å². The Balaban J connectivity index is 2.03. The fourth-order valence-electron chi connectivity index (χ4n) is 2.72. The van der Waals surface area contributed by atoms with Gasteiger partial charge in [-0.1, -0.05) is 24.6 Å². The summed E-state index contributed by atoms with van der Waals surface area (Å²) in [4.78, 5) is 4.73. The minimum Gasteiger partial charge on any atom is -0.331 e. The Bertz CT molecular complexity index is 596. The van der Waals surface area contributed by atoms with Crippen molar-refractivity contribution in [3.63, 3.8) is 0 Å². The van der Waals surface area contributed by atoms with E-state index >= 15 is 0 Å². The smallest absolute Gasteiger partial charge is 0.187 e. The Morgan fingerprint density at radius 2 is 1.86 bits per heavy atom. The zero-order valence-electron chi connectivity index (χ0n) is 14.3. The van der Waals surface area contributed by atoms with Crippen molar-refractivity contribution in [2.75, 3.05) is 11.9 Å². The van der Waals surface area contributed by atoms with Gasteiger partial charge < -0.3 is 10.6 Å². The molecule has 0 fully saturated rings. The Kier molecular flexibility index (Phi) is 5.98. The molecule has 1 unspecified atom stereocenters. The molecule has 4 heteroatoms. The molecule has 0 bridgehead atoms. The van der Waals surface area contributed by atoms with E-state index < -0.39 is 0 Å². The number of aromatic nitrogens is 1. The molecular weight excluding hydrogens is 290 g/mol. The molecule has 0 aliphatic carbocycles. The standard InChI is InChI=1S/C18H27N3S/c1-6-7-19-15(5)10-16-11-22-18(20-16)21-17-13(3)8-12(2)9-14(17)4/h8-9,11,15,19H,6-7,10H2,1-5H3,(H,20,21). The molecule has 22 heavy (non-hydrogen) atoms. The summed E-state index contributed by atoms with van der Waals surface area (Å²) in [5, 5.41) is 10.1. The highest BCUT2D eigenvalue weighted by Gasteiger charge is 2.09. The third-order valence-corrected chi connectivity index (χ3v) is 4.53. The number of anilines is 2. The molecule has 1 heterocycles. The summed E-state index contributed by atoms with van der Waals surface area (Å²) in [6, 6.07) is 4.89. The number of aryl methyl sites for hydroxylation is 3. The van der Waals surface area contributed by atoms with Crippen molar-refractivity contribution in [3.8, 4) is 0 Å². The van der Waals surface area contributed by atoms with E-state index in [1.807, 2.05) is 0 Å². The van der Waals surface area contributed by atoms with Crippen LogP contribution in [0.5, 0.6) is 0 Å². The first kappa shape index (κ1) is 17.0. The lowest BCUT2D eigenvalue weighted by molar-refractivity contribution is 0.540. The first-order chi connectivity index (χ1) is 10.5. The summed E-state index contributed by atoms with van der Waals surface area (Å²) >= 11 is 1.68. The van der Waals surface area contributed by atoms with Gasteiger partial charge in [0.2, 0.25) is 0 Å². The molecular formula is C18H27N3S. The number of nitrogens with one attached hydrogen (secondary N) is 2. The Morgan fingerprint density at radius 1 is 1.18 bits per heavy atom. The van der Waals surface area contributed by atoms with Crippen LogP contribution < -0.4 is 10.6 Å². The monoisotopic (exact) mass is 317 g/mol. The average Bonchev–Trinajstić information content (AvgIpc) is 2.88. The zero-order valence-corrected chi connectivity index (χ0v) is 15.1. The lowest BCUT2D eigenvalue weighted by Gasteiger charge is -2.12. The summed E-state index contributed by atoms with van der Waals surface area (Å²) in [6.45, 7) is 11.9. The molecule has 1 aromatic carbocycles. The molecule has 2 aromatic rings. The van der Waals surface area contributed by atoms with Crippen LogP contribution in [0.2, 0.25) is 0 Å². The van der Waals surface area contributed by atoms with Crippen molar-refractivity contribution >= 4 is 22.2 Å². The SMILES string of the molecule is CCCNC(C)Cc1csc(Nc2c(C)cc(C)cc2C)n1. The van der Waals surface area contributed by atoms with Crippen molar-refractivity contribution in [2.45, 2.75) is 53.5 Å². The van der Waals surface area contributed by atoms with E-state index in [2.05, 4.69) is 62.8 Å². The van der Waals surface area contributed by atoms with E-state index in [0.29, 0.717) is 6.04 Å². The topological polar surface area (TPSA) is 37.0 Å². The van der Waals surface area contributed by atoms with Crippen LogP contribution >= 0.6 is 11.3 Å². The summed E-state index contributed by atoms with van der Waals surface area (Å²) in [5.74, 6) is 0. The van der Waals surface area contributed by atoms with Gasteiger partial charge in [0.25, 0.3) is 0 Å². The molecule has 0 saturated heterocycles. The number of thiazole rings is 1. The van der Waals surface area contributed by atoms with E-state index in [4.69, 9.17) is 4.98 Å². The first-order valence-corrected chi connectivity index (χ1v) is 8.90. The molecule has 0 amide bonds. The second-order valence-electron chi connectivity index (χ2n) is 6.10. The zero-order chi connectivity index (χ0) is 16.1. The van der Waals surface area contributed by atoms with Crippen LogP contribution in [0.25, 0.3) is 0 Å². The fourth-order valence-corrected chi connectivity index (χ4v) is 3.45. The lowest BCUT2D eigenvalue weighted by Crippen LogP contribution is -2.28. The third kappa shape index (κ3) is 4.55. The van der Waals surface area contributed by atoms with E-state index in [1.54, 1.807) is 11.3 Å². The Morgan fingerprint density at radius 3 is 2.50 bits per heavy atom. The molecule has 0 spiro atoms. The molecule has 3 nitrogen and oxygen atoms in total. The second-order valence-corrected chi connectivity index (χ2v) is 6.96. The number of nitrogens with zero attached hydrogens (tertiary/aromatic N) is 1. The molecule has 0 radical (unpaired) electrons.